The summed E-state index contributed by atoms with van der Waals surface area (Å²) in [5, 5.41) is 12.4. The van der Waals surface area contributed by atoms with E-state index < -0.39 is 0 Å². The summed E-state index contributed by atoms with van der Waals surface area (Å²) in [6.07, 6.45) is 1.60. The number of thioether (sulfide) groups is 2. The van der Waals surface area contributed by atoms with Crippen LogP contribution < -0.4 is 10.2 Å². The Bertz CT molecular complexity index is 1260. The van der Waals surface area contributed by atoms with Gasteiger partial charge >= 0.3 is 0 Å². The summed E-state index contributed by atoms with van der Waals surface area (Å²) in [6, 6.07) is 26.0. The molecule has 0 unspecified atom stereocenters. The van der Waals surface area contributed by atoms with Crippen LogP contribution in [0.5, 0.6) is 5.75 Å². The van der Waals surface area contributed by atoms with Gasteiger partial charge < -0.3 is 4.74 Å². The highest BCUT2D eigenvalue weighted by Crippen LogP contribution is 2.30. The van der Waals surface area contributed by atoms with E-state index in [0.717, 1.165) is 31.3 Å². The summed E-state index contributed by atoms with van der Waals surface area (Å²) in [5.41, 5.74) is 6.99. The van der Waals surface area contributed by atoms with Gasteiger partial charge in [-0.25, -0.2) is 5.43 Å². The first-order valence-corrected chi connectivity index (χ1v) is 13.7. The summed E-state index contributed by atoms with van der Waals surface area (Å²) in [6.45, 7) is 2.57. The fourth-order valence-electron chi connectivity index (χ4n) is 2.91. The molecule has 0 bridgehead atoms. The number of ether oxygens (including phenoxy) is 1. The molecular formula is C26H24N4O2S3. The van der Waals surface area contributed by atoms with Gasteiger partial charge in [0.05, 0.1) is 12.0 Å². The molecule has 1 aromatic heterocycles. The maximum Gasteiger partial charge on any atom is 0.250 e. The molecule has 1 heterocycles. The molecule has 3 aromatic carbocycles. The van der Waals surface area contributed by atoms with Crippen LogP contribution in [-0.2, 0) is 17.2 Å². The number of hydrazone groups is 1. The van der Waals surface area contributed by atoms with Crippen LogP contribution in [0.2, 0.25) is 0 Å². The van der Waals surface area contributed by atoms with Crippen molar-refractivity contribution in [1.29, 1.82) is 0 Å². The van der Waals surface area contributed by atoms with Gasteiger partial charge in [-0.1, -0.05) is 107 Å². The molecule has 6 nitrogen and oxygen atoms in total. The van der Waals surface area contributed by atoms with Crippen LogP contribution in [0.1, 0.15) is 22.3 Å². The minimum atomic E-state index is -0.202. The van der Waals surface area contributed by atoms with Crippen molar-refractivity contribution in [1.82, 2.24) is 15.6 Å². The predicted molar refractivity (Wildman–Crippen MR) is 144 cm³/mol. The van der Waals surface area contributed by atoms with Gasteiger partial charge in [0.25, 0.3) is 5.91 Å². The number of hydrogen-bond acceptors (Lipinski definition) is 8. The maximum atomic E-state index is 12.2. The van der Waals surface area contributed by atoms with Gasteiger partial charge in [-0.05, 0) is 35.7 Å². The second-order valence-electron chi connectivity index (χ2n) is 7.54. The number of nitrogens with zero attached hydrogens (tertiary/aromatic N) is 3. The van der Waals surface area contributed by atoms with E-state index in [2.05, 4.69) is 51.9 Å². The first-order chi connectivity index (χ1) is 17.1. The van der Waals surface area contributed by atoms with E-state index in [4.69, 9.17) is 4.74 Å². The molecule has 1 N–H and O–H groups in total. The van der Waals surface area contributed by atoms with Crippen LogP contribution in [0.25, 0.3) is 0 Å². The van der Waals surface area contributed by atoms with Crippen molar-refractivity contribution in [3.8, 4) is 5.75 Å². The van der Waals surface area contributed by atoms with Gasteiger partial charge in [0, 0.05) is 5.75 Å². The third-order valence-electron chi connectivity index (χ3n) is 4.71. The second kappa shape index (κ2) is 13.1. The molecule has 0 aliphatic carbocycles. The second-order valence-corrected chi connectivity index (χ2v) is 11.0. The predicted octanol–water partition coefficient (Wildman–Crippen LogP) is 5.96. The maximum absolute atomic E-state index is 12.2. The average Bonchev–Trinajstić information content (AvgIpc) is 3.35. The monoisotopic (exact) mass is 520 g/mol. The molecular weight excluding hydrogens is 497 g/mol. The van der Waals surface area contributed by atoms with Gasteiger partial charge in [0.2, 0.25) is 0 Å². The van der Waals surface area contributed by atoms with Crippen LogP contribution in [0.15, 0.2) is 92.6 Å². The molecule has 0 fully saturated rings. The third kappa shape index (κ3) is 8.54. The van der Waals surface area contributed by atoms with Crippen molar-refractivity contribution in [2.24, 2.45) is 5.10 Å². The topological polar surface area (TPSA) is 76.5 Å². The van der Waals surface area contributed by atoms with E-state index in [-0.39, 0.29) is 11.7 Å². The lowest BCUT2D eigenvalue weighted by Gasteiger charge is -2.06. The fraction of sp³-hybridized carbons (Fsp3) is 0.154. The number of nitrogens with one attached hydrogen (secondary N) is 1. The van der Waals surface area contributed by atoms with Crippen LogP contribution in [0, 0.1) is 6.92 Å². The first-order valence-electron chi connectivity index (χ1n) is 10.9. The van der Waals surface area contributed by atoms with Gasteiger partial charge in [-0.15, -0.1) is 10.2 Å². The largest absolute Gasteiger partial charge is 0.489 e. The lowest BCUT2D eigenvalue weighted by Crippen LogP contribution is -2.19. The molecule has 9 heteroatoms. The van der Waals surface area contributed by atoms with Crippen molar-refractivity contribution in [3.63, 3.8) is 0 Å². The van der Waals surface area contributed by atoms with Crippen LogP contribution in [0.3, 0.4) is 0 Å². The molecule has 35 heavy (non-hydrogen) atoms. The summed E-state index contributed by atoms with van der Waals surface area (Å²) >= 11 is 4.49. The highest BCUT2D eigenvalue weighted by atomic mass is 32.2. The normalized spacial score (nSPS) is 11.0. The van der Waals surface area contributed by atoms with Crippen molar-refractivity contribution in [3.05, 3.63) is 101 Å². The number of carbonyl (C=O) groups is 1. The quantitative estimate of drug-likeness (QED) is 0.149. The number of carbonyl (C=O) groups excluding carboxylic acids is 1. The Hall–Kier alpha value is -3.14. The molecule has 178 valence electrons. The van der Waals surface area contributed by atoms with E-state index in [9.17, 15) is 4.79 Å². The molecule has 0 aliphatic rings. The van der Waals surface area contributed by atoms with Crippen molar-refractivity contribution in [2.45, 2.75) is 28.0 Å². The number of benzene rings is 3. The number of aromatic nitrogens is 2. The minimum Gasteiger partial charge on any atom is -0.489 e. The zero-order chi connectivity index (χ0) is 24.3. The average molecular weight is 521 g/mol. The number of aryl methyl sites for hydroxylation is 1. The van der Waals surface area contributed by atoms with Gasteiger partial charge in [0.1, 0.15) is 12.4 Å². The number of amides is 1. The molecule has 4 aromatic rings. The van der Waals surface area contributed by atoms with Gasteiger partial charge in [-0.2, -0.15) is 5.10 Å². The summed E-state index contributed by atoms with van der Waals surface area (Å²) in [7, 11) is 0. The minimum absolute atomic E-state index is 0.202. The summed E-state index contributed by atoms with van der Waals surface area (Å²) in [4.78, 5) is 12.2. The summed E-state index contributed by atoms with van der Waals surface area (Å²) in [5.74, 6) is 1.60. The highest BCUT2D eigenvalue weighted by Gasteiger charge is 2.09. The van der Waals surface area contributed by atoms with Crippen LogP contribution in [0.4, 0.5) is 0 Å². The Kier molecular flexibility index (Phi) is 9.33. The van der Waals surface area contributed by atoms with E-state index >= 15 is 0 Å². The molecule has 0 aliphatic heterocycles. The molecule has 1 amide bonds. The molecule has 0 radical (unpaired) electrons. The Balaban J connectivity index is 1.18. The standard InChI is InChI=1S/C26H24N4O2S3/c1-19-10-12-21(13-11-19)17-33-25-29-30-26(35-25)34-18-24(31)28-27-15-22-8-5-9-23(14-22)32-16-20-6-3-2-4-7-20/h2-15H,16-18H2,1H3,(H,28,31)/b27-15+. The molecule has 0 saturated heterocycles. The van der Waals surface area contributed by atoms with Crippen LogP contribution in [-0.4, -0.2) is 28.1 Å². The van der Waals surface area contributed by atoms with Gasteiger partial charge in [-0.3, -0.25) is 4.79 Å². The van der Waals surface area contributed by atoms with Crippen LogP contribution >= 0.6 is 34.9 Å². The zero-order valence-electron chi connectivity index (χ0n) is 19.1. The Morgan fingerprint density at radius 3 is 2.54 bits per heavy atom. The smallest absolute Gasteiger partial charge is 0.250 e. The van der Waals surface area contributed by atoms with Crippen molar-refractivity contribution in [2.75, 3.05) is 5.75 Å². The van der Waals surface area contributed by atoms with E-state index in [1.807, 2.05) is 54.6 Å². The van der Waals surface area contributed by atoms with E-state index in [1.165, 1.54) is 34.2 Å². The number of rotatable bonds is 11. The van der Waals surface area contributed by atoms with E-state index in [0.29, 0.717) is 6.61 Å². The zero-order valence-corrected chi connectivity index (χ0v) is 21.5. The number of hydrogen-bond donors (Lipinski definition) is 1. The molecule has 0 atom stereocenters. The third-order valence-corrected chi connectivity index (χ3v) is 7.97. The molecule has 0 spiro atoms. The Labute approximate surface area is 217 Å². The first kappa shape index (κ1) is 25.0. The Morgan fingerprint density at radius 1 is 0.971 bits per heavy atom. The fourth-order valence-corrected chi connectivity index (χ4v) is 5.68. The van der Waals surface area contributed by atoms with E-state index in [1.54, 1.807) is 18.0 Å². The lowest BCUT2D eigenvalue weighted by atomic mass is 10.2. The summed E-state index contributed by atoms with van der Waals surface area (Å²) < 4.78 is 7.48. The molecule has 4 rings (SSSR count). The molecule has 0 saturated carbocycles. The van der Waals surface area contributed by atoms with Crippen molar-refractivity contribution >= 4 is 47.0 Å². The van der Waals surface area contributed by atoms with Crippen molar-refractivity contribution < 1.29 is 9.53 Å². The van der Waals surface area contributed by atoms with Gasteiger partial charge in [0.15, 0.2) is 8.68 Å². The highest BCUT2D eigenvalue weighted by molar-refractivity contribution is 8.03. The Morgan fingerprint density at radius 2 is 1.74 bits per heavy atom. The SMILES string of the molecule is Cc1ccc(CSc2nnc(SCC(=O)N/N=C/c3cccc(OCc4ccccc4)c3)s2)cc1. The lowest BCUT2D eigenvalue weighted by molar-refractivity contribution is -0.118.